The van der Waals surface area contributed by atoms with Gasteiger partial charge in [-0.3, -0.25) is 4.79 Å². The predicted octanol–water partition coefficient (Wildman–Crippen LogP) is 4.45. The summed E-state index contributed by atoms with van der Waals surface area (Å²) in [6.07, 6.45) is 1.75. The molecule has 176 valence electrons. The molecular formula is C24H25FN6O2S. The molecule has 2 heterocycles. The number of carbonyl (C=O) groups excluding carboxylic acids is 1. The fourth-order valence-electron chi connectivity index (χ4n) is 3.47. The van der Waals surface area contributed by atoms with Gasteiger partial charge in [-0.2, -0.15) is 5.26 Å². The van der Waals surface area contributed by atoms with Crippen molar-refractivity contribution in [3.05, 3.63) is 48.0 Å². The summed E-state index contributed by atoms with van der Waals surface area (Å²) in [5, 5.41) is 15.5. The first-order valence-electron chi connectivity index (χ1n) is 10.9. The molecule has 1 aliphatic heterocycles. The van der Waals surface area contributed by atoms with Crippen LogP contribution in [0, 0.1) is 24.1 Å². The van der Waals surface area contributed by atoms with E-state index in [4.69, 9.17) is 14.4 Å². The number of hydrogen-bond acceptors (Lipinski definition) is 7. The van der Waals surface area contributed by atoms with E-state index in [-0.39, 0.29) is 16.4 Å². The molecule has 2 atom stereocenters. The molecule has 0 aliphatic carbocycles. The van der Waals surface area contributed by atoms with Crippen molar-refractivity contribution in [2.75, 3.05) is 16.8 Å². The topological polar surface area (TPSA) is 112 Å². The Morgan fingerprint density at radius 1 is 1.26 bits per heavy atom. The van der Waals surface area contributed by atoms with Crippen LogP contribution in [0.4, 0.5) is 21.6 Å². The first kappa shape index (κ1) is 23.6. The van der Waals surface area contributed by atoms with Gasteiger partial charge in [0, 0.05) is 23.0 Å². The van der Waals surface area contributed by atoms with Crippen molar-refractivity contribution in [3.8, 4) is 11.8 Å². The van der Waals surface area contributed by atoms with E-state index < -0.39 is 23.9 Å². The highest BCUT2D eigenvalue weighted by Crippen LogP contribution is 2.34. The van der Waals surface area contributed by atoms with E-state index in [1.54, 1.807) is 6.92 Å². The van der Waals surface area contributed by atoms with Gasteiger partial charge >= 0.3 is 0 Å². The summed E-state index contributed by atoms with van der Waals surface area (Å²) in [5.74, 6) is 1.99. The minimum atomic E-state index is -0.946. The fourth-order valence-corrected chi connectivity index (χ4v) is 4.60. The second-order valence-corrected chi connectivity index (χ2v) is 10.0. The van der Waals surface area contributed by atoms with Crippen molar-refractivity contribution in [1.82, 2.24) is 15.3 Å². The van der Waals surface area contributed by atoms with Crippen LogP contribution in [-0.4, -0.2) is 39.5 Å². The number of halogens is 1. The summed E-state index contributed by atoms with van der Waals surface area (Å²) in [4.78, 5) is 21.1. The number of rotatable bonds is 7. The van der Waals surface area contributed by atoms with Gasteiger partial charge in [0.15, 0.2) is 6.10 Å². The third kappa shape index (κ3) is 5.31. The predicted molar refractivity (Wildman–Crippen MR) is 131 cm³/mol. The number of amides is 1. The molecule has 2 N–H and O–H groups in total. The average molecular weight is 481 g/mol. The van der Waals surface area contributed by atoms with Crippen LogP contribution >= 0.6 is 0 Å². The third-order valence-corrected chi connectivity index (χ3v) is 7.33. The van der Waals surface area contributed by atoms with E-state index >= 15 is 0 Å². The van der Waals surface area contributed by atoms with Crippen LogP contribution in [0.3, 0.4) is 0 Å². The maximum absolute atomic E-state index is 14.0. The maximum Gasteiger partial charge on any atom is 0.261 e. The van der Waals surface area contributed by atoms with Gasteiger partial charge in [-0.1, -0.05) is 10.7 Å². The molecule has 4 rings (SSSR count). The van der Waals surface area contributed by atoms with Crippen molar-refractivity contribution in [1.29, 1.82) is 5.26 Å². The lowest BCUT2D eigenvalue weighted by Crippen LogP contribution is -2.40. The number of benzene rings is 2. The Labute approximate surface area is 199 Å². The number of nitriles is 1. The van der Waals surface area contributed by atoms with Gasteiger partial charge in [-0.15, -0.1) is 0 Å². The highest BCUT2D eigenvalue weighted by Gasteiger charge is 2.20. The van der Waals surface area contributed by atoms with E-state index in [0.717, 1.165) is 33.7 Å². The lowest BCUT2D eigenvalue weighted by atomic mass is 10.1. The molecule has 0 spiro atoms. The molecule has 0 saturated carbocycles. The molecule has 2 aromatic carbocycles. The van der Waals surface area contributed by atoms with Crippen molar-refractivity contribution in [2.45, 2.75) is 39.3 Å². The fraction of sp³-hybridized carbons (Fsp3) is 0.333. The number of fused-ring (bicyclic) bond motifs is 1. The molecule has 10 heteroatoms. The molecular weight excluding hydrogens is 455 g/mol. The lowest BCUT2D eigenvalue weighted by Gasteiger charge is -2.19. The molecule has 8 nitrogen and oxygen atoms in total. The maximum atomic E-state index is 14.0. The van der Waals surface area contributed by atoms with Gasteiger partial charge < -0.3 is 15.4 Å². The highest BCUT2D eigenvalue weighted by molar-refractivity contribution is 7.88. The van der Waals surface area contributed by atoms with Crippen molar-refractivity contribution in [2.24, 2.45) is 4.36 Å². The second-order valence-electron chi connectivity index (χ2n) is 8.08. The minimum Gasteiger partial charge on any atom is -0.479 e. The molecule has 0 radical (unpaired) electrons. The number of carbonyl (C=O) groups is 1. The molecule has 34 heavy (non-hydrogen) atoms. The zero-order valence-corrected chi connectivity index (χ0v) is 19.9. The summed E-state index contributed by atoms with van der Waals surface area (Å²) < 4.78 is 24.6. The summed E-state index contributed by atoms with van der Waals surface area (Å²) in [5.41, 5.74) is 3.07. The van der Waals surface area contributed by atoms with Gasteiger partial charge in [0.1, 0.15) is 29.8 Å². The number of ether oxygens (including phenoxy) is 1. The van der Waals surface area contributed by atoms with Gasteiger partial charge in [0.05, 0.1) is 23.0 Å². The Kier molecular flexibility index (Phi) is 7.03. The number of aryl methyl sites for hydroxylation is 1. The van der Waals surface area contributed by atoms with Crippen LogP contribution in [0.15, 0.2) is 41.0 Å². The first-order valence-corrected chi connectivity index (χ1v) is 12.4. The zero-order chi connectivity index (χ0) is 24.2. The Hall–Kier alpha value is -3.58. The summed E-state index contributed by atoms with van der Waals surface area (Å²) >= 11 is 0. The van der Waals surface area contributed by atoms with Crippen LogP contribution < -0.4 is 15.4 Å². The first-order chi connectivity index (χ1) is 16.3. The highest BCUT2D eigenvalue weighted by atomic mass is 32.2. The summed E-state index contributed by atoms with van der Waals surface area (Å²) in [6.45, 7) is 5.07. The average Bonchev–Trinajstić information content (AvgIpc) is 2.77. The van der Waals surface area contributed by atoms with E-state index in [0.29, 0.717) is 11.5 Å². The summed E-state index contributed by atoms with van der Waals surface area (Å²) in [6, 6.07) is 9.26. The molecule has 1 saturated heterocycles. The van der Waals surface area contributed by atoms with Crippen LogP contribution in [0.25, 0.3) is 10.9 Å². The Balaban J connectivity index is 1.63. The van der Waals surface area contributed by atoms with Gasteiger partial charge in [0.2, 0.25) is 0 Å². The minimum absolute atomic E-state index is 0.108. The molecule has 1 aromatic heterocycles. The number of nitrogens with one attached hydrogen (secondary N) is 2. The summed E-state index contributed by atoms with van der Waals surface area (Å²) in [7, 11) is 0.108. The standard InChI is InChI=1S/C24H25FN6O2S/c1-14-9-18(31-34-7-4-8-34)11-20-22(14)23(28-13-27-20)30-19-6-5-17(25)10-21(19)33-16(3)24(32)29-15(2)12-26/h5-6,9-11,13,15-16H,4,7-8H2,1-3H3,(H,29,32)(H,27,28,30)/t15?,16-/m1/s1. The largest absolute Gasteiger partial charge is 0.479 e. The number of hydrogen-bond donors (Lipinski definition) is 2. The third-order valence-electron chi connectivity index (χ3n) is 5.34. The van der Waals surface area contributed by atoms with Crippen molar-refractivity contribution >= 4 is 44.7 Å². The monoisotopic (exact) mass is 480 g/mol. The van der Waals surface area contributed by atoms with E-state index in [1.165, 1.54) is 37.9 Å². The number of aromatic nitrogens is 2. The van der Waals surface area contributed by atoms with Gasteiger partial charge in [-0.05, 0) is 57.0 Å². The molecule has 1 amide bonds. The van der Waals surface area contributed by atoms with E-state index in [1.807, 2.05) is 25.1 Å². The normalized spacial score (nSPS) is 15.0. The number of anilines is 2. The Bertz CT molecular complexity index is 1320. The van der Waals surface area contributed by atoms with E-state index in [9.17, 15) is 9.18 Å². The van der Waals surface area contributed by atoms with Crippen LogP contribution in [0.1, 0.15) is 25.8 Å². The SMILES string of the molecule is Cc1cc(N=S2CCC2)cc2ncnc(Nc3ccc(F)cc3O[C@H](C)C(=O)NC(C)C#N)c12. The second kappa shape index (κ2) is 10.1. The van der Waals surface area contributed by atoms with Gasteiger partial charge in [0.25, 0.3) is 5.91 Å². The smallest absolute Gasteiger partial charge is 0.261 e. The quantitative estimate of drug-likeness (QED) is 0.517. The lowest BCUT2D eigenvalue weighted by molar-refractivity contribution is -0.127. The Morgan fingerprint density at radius 3 is 2.76 bits per heavy atom. The Morgan fingerprint density at radius 2 is 2.06 bits per heavy atom. The molecule has 1 aliphatic rings. The zero-order valence-electron chi connectivity index (χ0n) is 19.1. The molecule has 0 bridgehead atoms. The molecule has 3 aromatic rings. The van der Waals surface area contributed by atoms with Crippen LogP contribution in [0.5, 0.6) is 5.75 Å². The molecule has 1 unspecified atom stereocenters. The number of nitrogens with zero attached hydrogens (tertiary/aromatic N) is 4. The molecule has 1 fully saturated rings. The van der Waals surface area contributed by atoms with Crippen LogP contribution in [0.2, 0.25) is 0 Å². The van der Waals surface area contributed by atoms with Crippen LogP contribution in [-0.2, 0) is 15.5 Å². The van der Waals surface area contributed by atoms with Crippen molar-refractivity contribution < 1.29 is 13.9 Å². The van der Waals surface area contributed by atoms with Gasteiger partial charge in [-0.25, -0.2) is 18.7 Å². The van der Waals surface area contributed by atoms with Crippen molar-refractivity contribution in [3.63, 3.8) is 0 Å². The van der Waals surface area contributed by atoms with E-state index in [2.05, 4.69) is 20.6 Å².